The van der Waals surface area contributed by atoms with E-state index in [4.69, 9.17) is 5.11 Å². The third-order valence-corrected chi connectivity index (χ3v) is 4.82. The van der Waals surface area contributed by atoms with Crippen molar-refractivity contribution in [3.8, 4) is 0 Å². The first-order valence-electron chi connectivity index (χ1n) is 5.40. The van der Waals surface area contributed by atoms with E-state index in [1.807, 2.05) is 25.1 Å². The average molecular weight is 330 g/mol. The maximum absolute atomic E-state index is 11.9. The van der Waals surface area contributed by atoms with Gasteiger partial charge in [0, 0.05) is 16.7 Å². The second-order valence-corrected chi connectivity index (χ2v) is 6.12. The van der Waals surface area contributed by atoms with Crippen LogP contribution in [0.2, 0.25) is 0 Å². The second kappa shape index (κ2) is 5.32. The predicted molar refractivity (Wildman–Crippen MR) is 75.1 cm³/mol. The number of carbonyl (C=O) groups excluding carboxylic acids is 1. The highest BCUT2D eigenvalue weighted by molar-refractivity contribution is 9.10. The van der Waals surface area contributed by atoms with E-state index in [-0.39, 0.29) is 18.2 Å². The lowest BCUT2D eigenvalue weighted by Crippen LogP contribution is -2.45. The Balaban J connectivity index is 2.26. The maximum atomic E-state index is 11.9. The van der Waals surface area contributed by atoms with Gasteiger partial charge in [-0.05, 0) is 24.6 Å². The summed E-state index contributed by atoms with van der Waals surface area (Å²) in [7, 11) is 0. The van der Waals surface area contributed by atoms with Crippen molar-refractivity contribution in [1.29, 1.82) is 0 Å². The predicted octanol–water partition coefficient (Wildman–Crippen LogP) is 2.29. The van der Waals surface area contributed by atoms with Crippen molar-refractivity contribution in [2.75, 3.05) is 17.2 Å². The molecule has 1 unspecified atom stereocenters. The lowest BCUT2D eigenvalue weighted by molar-refractivity contribution is -0.136. The zero-order valence-corrected chi connectivity index (χ0v) is 12.1. The molecule has 0 bridgehead atoms. The molecule has 0 aliphatic carbocycles. The van der Waals surface area contributed by atoms with Gasteiger partial charge in [-0.2, -0.15) is 0 Å². The highest BCUT2D eigenvalue weighted by atomic mass is 79.9. The van der Waals surface area contributed by atoms with Gasteiger partial charge in [0.15, 0.2) is 0 Å². The minimum atomic E-state index is -0.872. The lowest BCUT2D eigenvalue weighted by Gasteiger charge is -2.30. The van der Waals surface area contributed by atoms with Gasteiger partial charge in [0.25, 0.3) is 0 Å². The van der Waals surface area contributed by atoms with Gasteiger partial charge < -0.3 is 10.0 Å². The van der Waals surface area contributed by atoms with E-state index in [1.54, 1.807) is 4.90 Å². The number of rotatable bonds is 2. The number of thioether (sulfide) groups is 1. The van der Waals surface area contributed by atoms with Crippen LogP contribution in [0.1, 0.15) is 5.56 Å². The number of aryl methyl sites for hydroxylation is 1. The summed E-state index contributed by atoms with van der Waals surface area (Å²) in [6.45, 7) is 2.18. The fraction of sp³-hybridized carbons (Fsp3) is 0.333. The Kier molecular flexibility index (Phi) is 3.97. The second-order valence-electron chi connectivity index (χ2n) is 4.08. The molecule has 96 valence electrons. The zero-order valence-electron chi connectivity index (χ0n) is 9.72. The van der Waals surface area contributed by atoms with Crippen LogP contribution in [0.5, 0.6) is 0 Å². The summed E-state index contributed by atoms with van der Waals surface area (Å²) in [4.78, 5) is 24.4. The van der Waals surface area contributed by atoms with Crippen molar-refractivity contribution in [2.24, 2.45) is 0 Å². The topological polar surface area (TPSA) is 57.6 Å². The van der Waals surface area contributed by atoms with Gasteiger partial charge >= 0.3 is 5.97 Å². The summed E-state index contributed by atoms with van der Waals surface area (Å²) in [6.07, 6.45) is 0. The van der Waals surface area contributed by atoms with Crippen LogP contribution in [0.3, 0.4) is 0 Å². The molecule has 0 saturated carbocycles. The summed E-state index contributed by atoms with van der Waals surface area (Å²) in [6, 6.07) is 5.60. The Bertz CT molecular complexity index is 506. The Morgan fingerprint density at radius 3 is 2.89 bits per heavy atom. The molecule has 1 amide bonds. The molecule has 1 atom stereocenters. The molecule has 0 radical (unpaired) electrons. The Labute approximate surface area is 117 Å². The van der Waals surface area contributed by atoms with Gasteiger partial charge in [-0.15, -0.1) is 11.8 Å². The summed E-state index contributed by atoms with van der Waals surface area (Å²) in [5.41, 5.74) is 1.82. The third-order valence-electron chi connectivity index (χ3n) is 2.80. The SMILES string of the molecule is Cc1ccc(N2CC(C(=O)O)SCC2=O)cc1Br. The van der Waals surface area contributed by atoms with Gasteiger partial charge in [0.1, 0.15) is 5.25 Å². The first-order valence-corrected chi connectivity index (χ1v) is 7.24. The molecule has 4 nitrogen and oxygen atoms in total. The van der Waals surface area contributed by atoms with Gasteiger partial charge in [-0.1, -0.05) is 22.0 Å². The molecule has 1 saturated heterocycles. The van der Waals surface area contributed by atoms with E-state index >= 15 is 0 Å². The summed E-state index contributed by atoms with van der Waals surface area (Å²) >= 11 is 4.60. The molecule has 18 heavy (non-hydrogen) atoms. The zero-order chi connectivity index (χ0) is 13.3. The van der Waals surface area contributed by atoms with Crippen molar-refractivity contribution in [3.05, 3.63) is 28.2 Å². The number of hydrogen-bond acceptors (Lipinski definition) is 3. The molecule has 1 aliphatic heterocycles. The molecule has 0 aromatic heterocycles. The number of nitrogens with zero attached hydrogens (tertiary/aromatic N) is 1. The molecule has 1 heterocycles. The monoisotopic (exact) mass is 329 g/mol. The smallest absolute Gasteiger partial charge is 0.318 e. The highest BCUT2D eigenvalue weighted by Gasteiger charge is 2.31. The van der Waals surface area contributed by atoms with Crippen molar-refractivity contribution < 1.29 is 14.7 Å². The first-order chi connectivity index (χ1) is 8.49. The normalized spacial score (nSPS) is 20.0. The van der Waals surface area contributed by atoms with E-state index in [9.17, 15) is 9.59 Å². The summed E-state index contributed by atoms with van der Waals surface area (Å²) < 4.78 is 0.915. The number of benzene rings is 1. The number of halogens is 1. The molecular weight excluding hydrogens is 318 g/mol. The molecule has 1 aromatic carbocycles. The van der Waals surface area contributed by atoms with Gasteiger partial charge in [-0.25, -0.2) is 0 Å². The van der Waals surface area contributed by atoms with Crippen LogP contribution >= 0.6 is 27.7 Å². The van der Waals surface area contributed by atoms with Crippen molar-refractivity contribution in [2.45, 2.75) is 12.2 Å². The van der Waals surface area contributed by atoms with Gasteiger partial charge in [0.2, 0.25) is 5.91 Å². The molecule has 1 fully saturated rings. The van der Waals surface area contributed by atoms with E-state index in [0.717, 1.165) is 15.7 Å². The van der Waals surface area contributed by atoms with E-state index in [0.29, 0.717) is 0 Å². The van der Waals surface area contributed by atoms with Gasteiger partial charge in [-0.3, -0.25) is 9.59 Å². The fourth-order valence-electron chi connectivity index (χ4n) is 1.72. The maximum Gasteiger partial charge on any atom is 0.318 e. The van der Waals surface area contributed by atoms with Gasteiger partial charge in [0.05, 0.1) is 5.75 Å². The number of carboxylic acid groups (broad SMARTS) is 1. The molecule has 6 heteroatoms. The number of anilines is 1. The molecule has 2 rings (SSSR count). The lowest BCUT2D eigenvalue weighted by atomic mass is 10.2. The molecule has 1 N–H and O–H groups in total. The molecule has 0 spiro atoms. The Hall–Kier alpha value is -1.01. The summed E-state index contributed by atoms with van der Waals surface area (Å²) in [5, 5.41) is 8.47. The average Bonchev–Trinajstić information content (AvgIpc) is 2.33. The fourth-order valence-corrected chi connectivity index (χ4v) is 2.98. The van der Waals surface area contributed by atoms with E-state index in [1.165, 1.54) is 11.8 Å². The molecular formula is C12H12BrNO3S. The van der Waals surface area contributed by atoms with Crippen LogP contribution in [0, 0.1) is 6.92 Å². The molecule has 1 aliphatic rings. The van der Waals surface area contributed by atoms with Crippen LogP contribution in [-0.4, -0.2) is 34.5 Å². The van der Waals surface area contributed by atoms with Crippen molar-refractivity contribution in [3.63, 3.8) is 0 Å². The Morgan fingerprint density at radius 2 is 2.28 bits per heavy atom. The van der Waals surface area contributed by atoms with Crippen molar-refractivity contribution in [1.82, 2.24) is 0 Å². The summed E-state index contributed by atoms with van der Waals surface area (Å²) in [5.74, 6) is -0.709. The number of aliphatic carboxylic acids is 1. The van der Waals surface area contributed by atoms with Crippen LogP contribution in [-0.2, 0) is 9.59 Å². The number of amides is 1. The van der Waals surface area contributed by atoms with E-state index < -0.39 is 11.2 Å². The minimum absolute atomic E-state index is 0.0479. The van der Waals surface area contributed by atoms with Crippen LogP contribution in [0.4, 0.5) is 5.69 Å². The van der Waals surface area contributed by atoms with Crippen LogP contribution < -0.4 is 4.90 Å². The van der Waals surface area contributed by atoms with E-state index in [2.05, 4.69) is 15.9 Å². The number of carbonyl (C=O) groups is 2. The van der Waals surface area contributed by atoms with Crippen LogP contribution in [0.25, 0.3) is 0 Å². The third kappa shape index (κ3) is 2.70. The first kappa shape index (κ1) is 13.4. The minimum Gasteiger partial charge on any atom is -0.480 e. The van der Waals surface area contributed by atoms with Crippen LogP contribution in [0.15, 0.2) is 22.7 Å². The number of hydrogen-bond donors (Lipinski definition) is 1. The molecule has 1 aromatic rings. The van der Waals surface area contributed by atoms with Crippen molar-refractivity contribution >= 4 is 45.3 Å². The quantitative estimate of drug-likeness (QED) is 0.904. The standard InChI is InChI=1S/C12H12BrNO3S/c1-7-2-3-8(4-9(7)13)14-5-10(12(16)17)18-6-11(14)15/h2-4,10H,5-6H2,1H3,(H,16,17). The largest absolute Gasteiger partial charge is 0.480 e. The Morgan fingerprint density at radius 1 is 1.56 bits per heavy atom. The number of carboxylic acids is 1. The highest BCUT2D eigenvalue weighted by Crippen LogP contribution is 2.28.